The molecule has 0 bridgehead atoms. The molecule has 5 aromatic rings. The topological polar surface area (TPSA) is 147 Å². The number of rotatable bonds is 9. The molecule has 0 unspecified atom stereocenters. The quantitative estimate of drug-likeness (QED) is 0.123. The molecule has 50 heavy (non-hydrogen) atoms. The van der Waals surface area contributed by atoms with E-state index >= 15 is 0 Å². The van der Waals surface area contributed by atoms with E-state index in [4.69, 9.17) is 4.74 Å². The number of carbonyl (C=O) groups excluding carboxylic acids is 4. The number of hydrogen-bond donors (Lipinski definition) is 4. The fourth-order valence-corrected chi connectivity index (χ4v) is 7.56. The predicted octanol–water partition coefficient (Wildman–Crippen LogP) is 8.04. The van der Waals surface area contributed by atoms with Crippen molar-refractivity contribution >= 4 is 56.9 Å². The summed E-state index contributed by atoms with van der Waals surface area (Å²) in [6.07, 6.45) is 5.04. The average Bonchev–Trinajstić information content (AvgIpc) is 3.84. The van der Waals surface area contributed by atoms with Crippen LogP contribution in [0.4, 0.5) is 16.3 Å². The molecule has 1 aliphatic rings. The van der Waals surface area contributed by atoms with Gasteiger partial charge in [0.1, 0.15) is 10.9 Å². The van der Waals surface area contributed by atoms with Gasteiger partial charge in [-0.2, -0.15) is 4.68 Å². The molecule has 260 valence electrons. The summed E-state index contributed by atoms with van der Waals surface area (Å²) >= 11 is 1.10. The lowest BCUT2D eigenvalue weighted by molar-refractivity contribution is 0.00600. The van der Waals surface area contributed by atoms with E-state index in [1.807, 2.05) is 44.2 Å². The van der Waals surface area contributed by atoms with E-state index in [-0.39, 0.29) is 35.2 Å². The van der Waals surface area contributed by atoms with E-state index in [1.54, 1.807) is 48.8 Å². The molecule has 3 atom stereocenters. The SMILES string of the molecule is CC(C)[C@@H]1CC[C@@H](C)C[C@H]1OC(=O)n1nc(NC(=O)c2ccccc2NC(=O)c2cc[nH]c2)c2cc(C(=O)NC(C)(C)c3ccccc3)sc21. The van der Waals surface area contributed by atoms with Gasteiger partial charge in [-0.1, -0.05) is 69.7 Å². The molecular formula is C38H42N6O5S. The summed E-state index contributed by atoms with van der Waals surface area (Å²) in [5.74, 6) is -0.237. The van der Waals surface area contributed by atoms with Gasteiger partial charge in [0.15, 0.2) is 5.82 Å². The molecule has 3 heterocycles. The summed E-state index contributed by atoms with van der Waals surface area (Å²) in [6.45, 7) is 10.3. The number of H-pyrrole nitrogens is 1. The Morgan fingerprint density at radius 1 is 0.960 bits per heavy atom. The van der Waals surface area contributed by atoms with Gasteiger partial charge in [0.2, 0.25) is 0 Å². The van der Waals surface area contributed by atoms with Gasteiger partial charge in [0.25, 0.3) is 17.7 Å². The third-order valence-corrected chi connectivity index (χ3v) is 10.5. The van der Waals surface area contributed by atoms with Crippen LogP contribution in [0.3, 0.4) is 0 Å². The van der Waals surface area contributed by atoms with Gasteiger partial charge >= 0.3 is 6.09 Å². The zero-order valence-corrected chi connectivity index (χ0v) is 29.6. The number of fused-ring (bicyclic) bond motifs is 1. The maximum absolute atomic E-state index is 13.9. The smallest absolute Gasteiger partial charge is 0.436 e. The Morgan fingerprint density at radius 2 is 1.70 bits per heavy atom. The number of amides is 3. The number of nitrogens with zero attached hydrogens (tertiary/aromatic N) is 2. The van der Waals surface area contributed by atoms with Crippen molar-refractivity contribution < 1.29 is 23.9 Å². The van der Waals surface area contributed by atoms with E-state index < -0.39 is 17.5 Å². The average molecular weight is 695 g/mol. The highest BCUT2D eigenvalue weighted by molar-refractivity contribution is 7.20. The van der Waals surface area contributed by atoms with Crippen molar-refractivity contribution in [2.45, 2.75) is 65.5 Å². The lowest BCUT2D eigenvalue weighted by atomic mass is 9.75. The Labute approximate surface area is 294 Å². The van der Waals surface area contributed by atoms with Crippen molar-refractivity contribution in [1.29, 1.82) is 0 Å². The van der Waals surface area contributed by atoms with E-state index in [0.29, 0.717) is 38.2 Å². The maximum Gasteiger partial charge on any atom is 0.436 e. The summed E-state index contributed by atoms with van der Waals surface area (Å²) in [4.78, 5) is 57.7. The summed E-state index contributed by atoms with van der Waals surface area (Å²) in [6, 6.07) is 19.5. The van der Waals surface area contributed by atoms with Crippen LogP contribution in [0.2, 0.25) is 0 Å². The van der Waals surface area contributed by atoms with Crippen LogP contribution in [0, 0.1) is 17.8 Å². The molecule has 1 aliphatic carbocycles. The monoisotopic (exact) mass is 694 g/mol. The normalized spacial score (nSPS) is 17.8. The van der Waals surface area contributed by atoms with Crippen LogP contribution in [0.5, 0.6) is 0 Å². The van der Waals surface area contributed by atoms with Gasteiger partial charge in [-0.05, 0) is 74.3 Å². The van der Waals surface area contributed by atoms with Crippen LogP contribution in [0.15, 0.2) is 79.1 Å². The van der Waals surface area contributed by atoms with E-state index in [9.17, 15) is 19.2 Å². The number of thiophene rings is 1. The number of ether oxygens (including phenoxy) is 1. The molecule has 0 saturated heterocycles. The number of carbonyl (C=O) groups is 4. The first-order chi connectivity index (χ1) is 23.9. The van der Waals surface area contributed by atoms with Gasteiger partial charge in [-0.25, -0.2) is 4.79 Å². The Morgan fingerprint density at radius 3 is 2.42 bits per heavy atom. The third kappa shape index (κ3) is 7.35. The van der Waals surface area contributed by atoms with Crippen LogP contribution in [0.25, 0.3) is 10.2 Å². The summed E-state index contributed by atoms with van der Waals surface area (Å²) < 4.78 is 7.29. The molecule has 11 nitrogen and oxygen atoms in total. The number of para-hydroxylation sites is 1. The molecular weight excluding hydrogens is 653 g/mol. The minimum atomic E-state index is -0.686. The standard InChI is InChI=1S/C38H42N6O5S/c1-22(2)26-16-15-23(3)19-30(26)49-37(48)44-36-28(20-31(50-36)35(47)42-38(4,5)25-11-7-6-8-12-25)32(43-44)41-34(46)27-13-9-10-14-29(27)40-33(45)24-17-18-39-21-24/h6-14,17-18,20-23,26,30,39H,15-16,19H2,1-5H3,(H,40,45)(H,42,47)(H,41,43,46)/t23-,26+,30-/m1/s1. The van der Waals surface area contributed by atoms with Gasteiger partial charge in [0.05, 0.1) is 32.6 Å². The molecule has 12 heteroatoms. The van der Waals surface area contributed by atoms with Crippen LogP contribution in [-0.4, -0.2) is 44.7 Å². The van der Waals surface area contributed by atoms with E-state index in [2.05, 4.69) is 46.8 Å². The number of nitrogens with one attached hydrogen (secondary N) is 4. The highest BCUT2D eigenvalue weighted by atomic mass is 32.1. The van der Waals surface area contributed by atoms with Gasteiger partial charge in [-0.3, -0.25) is 14.4 Å². The fraction of sp³-hybridized carbons (Fsp3) is 0.342. The molecule has 2 aromatic carbocycles. The number of aromatic amines is 1. The van der Waals surface area contributed by atoms with E-state index in [0.717, 1.165) is 40.8 Å². The molecule has 6 rings (SSSR count). The van der Waals surface area contributed by atoms with Gasteiger partial charge in [-0.15, -0.1) is 16.4 Å². The Hall–Kier alpha value is -5.23. The molecule has 0 aliphatic heterocycles. The minimum absolute atomic E-state index is 0.0868. The summed E-state index contributed by atoms with van der Waals surface area (Å²) in [5, 5.41) is 13.6. The van der Waals surface area contributed by atoms with Crippen molar-refractivity contribution in [3.8, 4) is 0 Å². The van der Waals surface area contributed by atoms with Crippen molar-refractivity contribution in [3.63, 3.8) is 0 Å². The van der Waals surface area contributed by atoms with Crippen LogP contribution in [0.1, 0.15) is 89.8 Å². The van der Waals surface area contributed by atoms with Crippen molar-refractivity contribution in [1.82, 2.24) is 20.1 Å². The molecule has 1 saturated carbocycles. The van der Waals surface area contributed by atoms with Crippen LogP contribution < -0.4 is 16.0 Å². The zero-order chi connectivity index (χ0) is 35.6. The minimum Gasteiger partial charge on any atom is -0.444 e. The van der Waals surface area contributed by atoms with E-state index in [1.165, 1.54) is 0 Å². The van der Waals surface area contributed by atoms with Crippen molar-refractivity contribution in [3.05, 3.63) is 101 Å². The number of benzene rings is 2. The van der Waals surface area contributed by atoms with Crippen LogP contribution in [-0.2, 0) is 10.3 Å². The third-order valence-electron chi connectivity index (χ3n) is 9.40. The molecule has 1 fully saturated rings. The van der Waals surface area contributed by atoms with Gasteiger partial charge in [0, 0.05) is 12.4 Å². The lowest BCUT2D eigenvalue weighted by Crippen LogP contribution is -2.40. The number of aromatic nitrogens is 3. The highest BCUT2D eigenvalue weighted by Crippen LogP contribution is 2.37. The molecule has 3 aromatic heterocycles. The Kier molecular flexibility index (Phi) is 9.92. The predicted molar refractivity (Wildman–Crippen MR) is 195 cm³/mol. The summed E-state index contributed by atoms with van der Waals surface area (Å²) in [7, 11) is 0. The number of anilines is 2. The zero-order valence-electron chi connectivity index (χ0n) is 28.8. The van der Waals surface area contributed by atoms with Crippen molar-refractivity contribution in [2.75, 3.05) is 10.6 Å². The Bertz CT molecular complexity index is 2010. The van der Waals surface area contributed by atoms with Gasteiger partial charge < -0.3 is 25.7 Å². The first-order valence-electron chi connectivity index (χ1n) is 16.9. The molecule has 0 spiro atoms. The molecule has 0 radical (unpaired) electrons. The lowest BCUT2D eigenvalue weighted by Gasteiger charge is -2.36. The Balaban J connectivity index is 1.33. The first kappa shape index (κ1) is 34.6. The fourth-order valence-electron chi connectivity index (χ4n) is 6.56. The second-order valence-electron chi connectivity index (χ2n) is 13.8. The number of hydrogen-bond acceptors (Lipinski definition) is 7. The maximum atomic E-state index is 13.9. The molecule has 3 amide bonds. The van der Waals surface area contributed by atoms with Crippen LogP contribution >= 0.6 is 11.3 Å². The van der Waals surface area contributed by atoms with Crippen molar-refractivity contribution in [2.24, 2.45) is 17.8 Å². The summed E-state index contributed by atoms with van der Waals surface area (Å²) in [5.41, 5.74) is 1.14. The second kappa shape index (κ2) is 14.3. The molecule has 4 N–H and O–H groups in total. The second-order valence-corrected chi connectivity index (χ2v) is 14.9. The largest absolute Gasteiger partial charge is 0.444 e. The highest BCUT2D eigenvalue weighted by Gasteiger charge is 2.35. The first-order valence-corrected chi connectivity index (χ1v) is 17.7.